The Labute approximate surface area is 186 Å². The topological polar surface area (TPSA) is 73.0 Å². The highest BCUT2D eigenvalue weighted by molar-refractivity contribution is 7.99. The van der Waals surface area contributed by atoms with Gasteiger partial charge in [-0.05, 0) is 43.2 Å². The summed E-state index contributed by atoms with van der Waals surface area (Å²) in [7, 11) is 0. The second kappa shape index (κ2) is 9.53. The van der Waals surface area contributed by atoms with Gasteiger partial charge in [0.15, 0.2) is 5.16 Å². The molecule has 10 heteroatoms. The van der Waals surface area contributed by atoms with Crippen molar-refractivity contribution in [3.8, 4) is 11.8 Å². The van der Waals surface area contributed by atoms with Crippen molar-refractivity contribution >= 4 is 17.7 Å². The Hall–Kier alpha value is -3.19. The first-order valence-electron chi connectivity index (χ1n) is 9.91. The Kier molecular flexibility index (Phi) is 6.55. The molecule has 1 aliphatic carbocycles. The molecule has 0 spiro atoms. The first kappa shape index (κ1) is 22.0. The number of hydrogen-bond acceptors (Lipinski definition) is 5. The number of hydrogen-bond donors (Lipinski definition) is 1. The summed E-state index contributed by atoms with van der Waals surface area (Å²) in [6.07, 6.45) is -0.658. The van der Waals surface area contributed by atoms with Gasteiger partial charge in [0, 0.05) is 11.5 Å². The third-order valence-corrected chi connectivity index (χ3v) is 5.68. The molecule has 6 nitrogen and oxygen atoms in total. The zero-order chi connectivity index (χ0) is 22.6. The maximum absolute atomic E-state index is 12.7. The van der Waals surface area contributed by atoms with Crippen molar-refractivity contribution in [1.82, 2.24) is 20.1 Å². The second-order valence-corrected chi connectivity index (χ2v) is 8.17. The second-order valence-electron chi connectivity index (χ2n) is 7.23. The highest BCUT2D eigenvalue weighted by atomic mass is 32.2. The Morgan fingerprint density at radius 3 is 2.81 bits per heavy atom. The van der Waals surface area contributed by atoms with Crippen molar-refractivity contribution in [3.05, 3.63) is 65.4 Å². The van der Waals surface area contributed by atoms with Crippen LogP contribution in [-0.4, -0.2) is 33.0 Å². The number of aromatic nitrogens is 3. The van der Waals surface area contributed by atoms with Crippen LogP contribution in [0.25, 0.3) is 0 Å². The molecule has 1 amide bonds. The standard InChI is InChI=1S/C22H19F3N4O2S/c23-22(24,25)17-6-1-4-15(12-17)5-2-10-26-19(30)14-32-21-28-27-20(16-8-9-16)29(21)13-18-7-3-11-31-18/h1,3-4,6-7,11-12,16H,8-10,13-14H2,(H,26,30). The van der Waals surface area contributed by atoms with Crippen LogP contribution in [0.3, 0.4) is 0 Å². The monoisotopic (exact) mass is 460 g/mol. The fourth-order valence-electron chi connectivity index (χ4n) is 3.00. The maximum atomic E-state index is 12.7. The zero-order valence-corrected chi connectivity index (χ0v) is 17.7. The molecule has 166 valence electrons. The number of alkyl halides is 3. The lowest BCUT2D eigenvalue weighted by molar-refractivity contribution is -0.137. The lowest BCUT2D eigenvalue weighted by Crippen LogP contribution is -2.25. The third-order valence-electron chi connectivity index (χ3n) is 4.71. The number of benzene rings is 1. The average molecular weight is 460 g/mol. The number of carbonyl (C=O) groups excluding carboxylic acids is 1. The Morgan fingerprint density at radius 1 is 1.25 bits per heavy atom. The molecular formula is C22H19F3N4O2S. The molecule has 1 fully saturated rings. The van der Waals surface area contributed by atoms with E-state index in [4.69, 9.17) is 4.42 Å². The van der Waals surface area contributed by atoms with Gasteiger partial charge >= 0.3 is 6.18 Å². The van der Waals surface area contributed by atoms with Gasteiger partial charge in [0.1, 0.15) is 11.6 Å². The summed E-state index contributed by atoms with van der Waals surface area (Å²) in [4.78, 5) is 12.2. The molecule has 2 aromatic heterocycles. The van der Waals surface area contributed by atoms with Crippen LogP contribution in [0.15, 0.2) is 52.2 Å². The molecule has 0 unspecified atom stereocenters. The van der Waals surface area contributed by atoms with Crippen molar-refractivity contribution in [1.29, 1.82) is 0 Å². The Morgan fingerprint density at radius 2 is 2.09 bits per heavy atom. The molecule has 0 bridgehead atoms. The number of rotatable bonds is 7. The molecule has 4 rings (SSSR count). The van der Waals surface area contributed by atoms with Crippen LogP contribution in [0.2, 0.25) is 0 Å². The predicted octanol–water partition coefficient (Wildman–Crippen LogP) is 4.08. The summed E-state index contributed by atoms with van der Waals surface area (Å²) in [5, 5.41) is 11.8. The Balaban J connectivity index is 1.30. The van der Waals surface area contributed by atoms with E-state index in [-0.39, 0.29) is 23.8 Å². The summed E-state index contributed by atoms with van der Waals surface area (Å²) in [6, 6.07) is 8.45. The van der Waals surface area contributed by atoms with Crippen molar-refractivity contribution in [2.45, 2.75) is 36.6 Å². The van der Waals surface area contributed by atoms with Gasteiger partial charge in [0.05, 0.1) is 30.7 Å². The van der Waals surface area contributed by atoms with Crippen LogP contribution in [0, 0.1) is 11.8 Å². The number of halogens is 3. The molecule has 0 aliphatic heterocycles. The third kappa shape index (κ3) is 5.73. The summed E-state index contributed by atoms with van der Waals surface area (Å²) in [5.74, 6) is 7.24. The molecular weight excluding hydrogens is 441 g/mol. The van der Waals surface area contributed by atoms with Crippen LogP contribution in [0.1, 0.15) is 41.5 Å². The molecule has 1 saturated carbocycles. The molecule has 32 heavy (non-hydrogen) atoms. The van der Waals surface area contributed by atoms with Crippen molar-refractivity contribution in [3.63, 3.8) is 0 Å². The van der Waals surface area contributed by atoms with Gasteiger partial charge in [-0.15, -0.1) is 10.2 Å². The zero-order valence-electron chi connectivity index (χ0n) is 16.9. The van der Waals surface area contributed by atoms with Gasteiger partial charge in [0.2, 0.25) is 5.91 Å². The minimum absolute atomic E-state index is 0.0298. The lowest BCUT2D eigenvalue weighted by Gasteiger charge is -2.08. The smallest absolute Gasteiger partial charge is 0.416 e. The fourth-order valence-corrected chi connectivity index (χ4v) is 3.78. The first-order chi connectivity index (χ1) is 15.4. The molecule has 1 N–H and O–H groups in total. The summed E-state index contributed by atoms with van der Waals surface area (Å²) in [5.41, 5.74) is -0.518. The summed E-state index contributed by atoms with van der Waals surface area (Å²) < 4.78 is 45.6. The van der Waals surface area contributed by atoms with Gasteiger partial charge in [0.25, 0.3) is 0 Å². The van der Waals surface area contributed by atoms with Gasteiger partial charge < -0.3 is 9.73 Å². The van der Waals surface area contributed by atoms with E-state index in [0.717, 1.165) is 36.6 Å². The molecule has 3 aromatic rings. The van der Waals surface area contributed by atoms with Crippen LogP contribution in [-0.2, 0) is 17.5 Å². The molecule has 1 aliphatic rings. The van der Waals surface area contributed by atoms with Crippen molar-refractivity contribution in [2.75, 3.05) is 12.3 Å². The number of nitrogens with one attached hydrogen (secondary N) is 1. The van der Waals surface area contributed by atoms with E-state index in [2.05, 4.69) is 27.4 Å². The average Bonchev–Trinajstić information content (AvgIpc) is 3.33. The van der Waals surface area contributed by atoms with E-state index in [0.29, 0.717) is 17.6 Å². The van der Waals surface area contributed by atoms with E-state index in [1.54, 1.807) is 6.26 Å². The number of furan rings is 1. The number of amides is 1. The highest BCUT2D eigenvalue weighted by Crippen LogP contribution is 2.40. The number of carbonyl (C=O) groups is 1. The molecule has 0 saturated heterocycles. The van der Waals surface area contributed by atoms with Gasteiger partial charge in [-0.3, -0.25) is 9.36 Å². The molecule has 1 aromatic carbocycles. The molecule has 0 radical (unpaired) electrons. The van der Waals surface area contributed by atoms with Gasteiger partial charge in [-0.25, -0.2) is 0 Å². The van der Waals surface area contributed by atoms with Gasteiger partial charge in [-0.2, -0.15) is 13.2 Å². The maximum Gasteiger partial charge on any atom is 0.416 e. The summed E-state index contributed by atoms with van der Waals surface area (Å²) >= 11 is 1.26. The SMILES string of the molecule is O=C(CSc1nnc(C2CC2)n1Cc1ccco1)NCC#Cc1cccc(C(F)(F)F)c1. The normalized spacial score (nSPS) is 13.5. The largest absolute Gasteiger partial charge is 0.467 e. The highest BCUT2D eigenvalue weighted by Gasteiger charge is 2.31. The van der Waals surface area contributed by atoms with E-state index in [1.807, 2.05) is 16.7 Å². The van der Waals surface area contributed by atoms with Crippen LogP contribution >= 0.6 is 11.8 Å². The first-order valence-corrected chi connectivity index (χ1v) is 10.9. The minimum Gasteiger partial charge on any atom is -0.467 e. The van der Waals surface area contributed by atoms with Crippen LogP contribution in [0.5, 0.6) is 0 Å². The lowest BCUT2D eigenvalue weighted by atomic mass is 10.1. The number of thioether (sulfide) groups is 1. The van der Waals surface area contributed by atoms with Crippen molar-refractivity contribution < 1.29 is 22.4 Å². The Bertz CT molecular complexity index is 1140. The summed E-state index contributed by atoms with van der Waals surface area (Å²) in [6.45, 7) is 0.528. The van der Waals surface area contributed by atoms with E-state index in [1.165, 1.54) is 23.9 Å². The molecule has 2 heterocycles. The fraction of sp³-hybridized carbons (Fsp3) is 0.318. The minimum atomic E-state index is -4.42. The van der Waals surface area contributed by atoms with E-state index < -0.39 is 11.7 Å². The quantitative estimate of drug-likeness (QED) is 0.425. The van der Waals surface area contributed by atoms with E-state index >= 15 is 0 Å². The van der Waals surface area contributed by atoms with Crippen molar-refractivity contribution in [2.24, 2.45) is 0 Å². The van der Waals surface area contributed by atoms with Crippen LogP contribution < -0.4 is 5.32 Å². The van der Waals surface area contributed by atoms with E-state index in [9.17, 15) is 18.0 Å². The predicted molar refractivity (Wildman–Crippen MR) is 112 cm³/mol. The van der Waals surface area contributed by atoms with Crippen LogP contribution in [0.4, 0.5) is 13.2 Å². The van der Waals surface area contributed by atoms with Gasteiger partial charge in [-0.1, -0.05) is 29.7 Å². The number of nitrogens with zero attached hydrogens (tertiary/aromatic N) is 3. The molecule has 0 atom stereocenters.